The molecule has 1 N–H and O–H groups in total. The minimum atomic E-state index is 0.0276. The third-order valence-electron chi connectivity index (χ3n) is 1.67. The average molecular weight is 198 g/mol. The topological polar surface area (TPSA) is 42.0 Å². The van der Waals surface area contributed by atoms with E-state index in [0.717, 1.165) is 24.5 Å². The maximum Gasteiger partial charge on any atom is 0.183 e. The minimum Gasteiger partial charge on any atom is -0.362 e. The maximum absolute atomic E-state index is 10.9. The summed E-state index contributed by atoms with van der Waals surface area (Å²) < 4.78 is 0. The van der Waals surface area contributed by atoms with Crippen molar-refractivity contribution in [3.05, 3.63) is 11.1 Å². The SMILES string of the molecule is CCCCNc1nc(C(C)=O)cs1. The zero-order valence-electron chi connectivity index (χ0n) is 7.96. The van der Waals surface area contributed by atoms with Crippen molar-refractivity contribution in [3.8, 4) is 0 Å². The Morgan fingerprint density at radius 2 is 2.46 bits per heavy atom. The molecule has 0 aromatic carbocycles. The molecular weight excluding hydrogens is 184 g/mol. The molecule has 0 unspecified atom stereocenters. The zero-order chi connectivity index (χ0) is 9.68. The molecule has 0 amide bonds. The van der Waals surface area contributed by atoms with Crippen molar-refractivity contribution in [2.75, 3.05) is 11.9 Å². The fraction of sp³-hybridized carbons (Fsp3) is 0.556. The van der Waals surface area contributed by atoms with Crippen LogP contribution in [0.5, 0.6) is 0 Å². The van der Waals surface area contributed by atoms with Gasteiger partial charge in [0.15, 0.2) is 10.9 Å². The molecule has 1 aromatic rings. The molecule has 0 aliphatic heterocycles. The lowest BCUT2D eigenvalue weighted by molar-refractivity contribution is 0.101. The van der Waals surface area contributed by atoms with Crippen molar-refractivity contribution >= 4 is 22.3 Å². The van der Waals surface area contributed by atoms with Crippen LogP contribution in [0.2, 0.25) is 0 Å². The Hall–Kier alpha value is -0.900. The second-order valence-corrected chi connectivity index (χ2v) is 3.73. The lowest BCUT2D eigenvalue weighted by Gasteiger charge is -1.98. The van der Waals surface area contributed by atoms with Crippen LogP contribution in [0.15, 0.2) is 5.38 Å². The number of hydrogen-bond acceptors (Lipinski definition) is 4. The number of nitrogens with zero attached hydrogens (tertiary/aromatic N) is 1. The first-order chi connectivity index (χ1) is 6.24. The lowest BCUT2D eigenvalue weighted by atomic mass is 10.3. The highest BCUT2D eigenvalue weighted by molar-refractivity contribution is 7.13. The van der Waals surface area contributed by atoms with Gasteiger partial charge in [0.25, 0.3) is 0 Å². The number of aromatic nitrogens is 1. The highest BCUT2D eigenvalue weighted by Crippen LogP contribution is 2.15. The van der Waals surface area contributed by atoms with Gasteiger partial charge in [-0.2, -0.15) is 0 Å². The predicted molar refractivity (Wildman–Crippen MR) is 55.5 cm³/mol. The molecule has 0 atom stereocenters. The molecular formula is C9H14N2OS. The van der Waals surface area contributed by atoms with Gasteiger partial charge in [-0.05, 0) is 6.42 Å². The Kier molecular flexibility index (Phi) is 3.89. The quantitative estimate of drug-likeness (QED) is 0.584. The molecule has 1 rings (SSSR count). The molecule has 1 aromatic heterocycles. The fourth-order valence-electron chi connectivity index (χ4n) is 0.889. The number of Topliss-reactive ketones (excluding diaryl/α,β-unsaturated/α-hetero) is 1. The standard InChI is InChI=1S/C9H14N2OS/c1-3-4-5-10-9-11-8(6-13-9)7(2)12/h6H,3-5H2,1-2H3,(H,10,11). The van der Waals surface area contributed by atoms with Gasteiger partial charge in [0.2, 0.25) is 0 Å². The molecule has 0 fully saturated rings. The Morgan fingerprint density at radius 3 is 3.00 bits per heavy atom. The maximum atomic E-state index is 10.9. The van der Waals surface area contributed by atoms with Crippen molar-refractivity contribution in [2.24, 2.45) is 0 Å². The molecule has 0 aliphatic rings. The Bertz CT molecular complexity index is 283. The Morgan fingerprint density at radius 1 is 1.69 bits per heavy atom. The molecule has 13 heavy (non-hydrogen) atoms. The smallest absolute Gasteiger partial charge is 0.183 e. The highest BCUT2D eigenvalue weighted by atomic mass is 32.1. The summed E-state index contributed by atoms with van der Waals surface area (Å²) in [6, 6.07) is 0. The third-order valence-corrected chi connectivity index (χ3v) is 2.47. The van der Waals surface area contributed by atoms with E-state index < -0.39 is 0 Å². The van der Waals surface area contributed by atoms with E-state index in [4.69, 9.17) is 0 Å². The lowest BCUT2D eigenvalue weighted by Crippen LogP contribution is -2.01. The molecule has 0 saturated heterocycles. The van der Waals surface area contributed by atoms with E-state index in [1.807, 2.05) is 0 Å². The van der Waals surface area contributed by atoms with Crippen LogP contribution in [0.1, 0.15) is 37.2 Å². The summed E-state index contributed by atoms with van der Waals surface area (Å²) >= 11 is 1.49. The number of nitrogens with one attached hydrogen (secondary N) is 1. The number of rotatable bonds is 5. The molecule has 0 bridgehead atoms. The normalized spacial score (nSPS) is 10.0. The van der Waals surface area contributed by atoms with Crippen LogP contribution in [0.4, 0.5) is 5.13 Å². The van der Waals surface area contributed by atoms with Gasteiger partial charge >= 0.3 is 0 Å². The van der Waals surface area contributed by atoms with Gasteiger partial charge < -0.3 is 5.32 Å². The van der Waals surface area contributed by atoms with E-state index in [-0.39, 0.29) is 5.78 Å². The van der Waals surface area contributed by atoms with Gasteiger partial charge in [-0.3, -0.25) is 4.79 Å². The van der Waals surface area contributed by atoms with Crippen molar-refractivity contribution in [1.82, 2.24) is 4.98 Å². The van der Waals surface area contributed by atoms with E-state index in [1.165, 1.54) is 18.3 Å². The molecule has 0 radical (unpaired) electrons. The average Bonchev–Trinajstić information content (AvgIpc) is 2.53. The molecule has 1 heterocycles. The number of ketones is 1. The van der Waals surface area contributed by atoms with Crippen LogP contribution in [-0.2, 0) is 0 Å². The van der Waals surface area contributed by atoms with Crippen molar-refractivity contribution < 1.29 is 4.79 Å². The van der Waals surface area contributed by atoms with Crippen LogP contribution in [0.25, 0.3) is 0 Å². The summed E-state index contributed by atoms with van der Waals surface area (Å²) in [6.07, 6.45) is 2.30. The Balaban J connectivity index is 2.44. The van der Waals surface area contributed by atoms with E-state index in [0.29, 0.717) is 5.69 Å². The molecule has 72 valence electrons. The summed E-state index contributed by atoms with van der Waals surface area (Å²) in [4.78, 5) is 15.0. The highest BCUT2D eigenvalue weighted by Gasteiger charge is 2.04. The molecule has 0 aliphatic carbocycles. The van der Waals surface area contributed by atoms with Crippen molar-refractivity contribution in [3.63, 3.8) is 0 Å². The van der Waals surface area contributed by atoms with E-state index in [9.17, 15) is 4.79 Å². The van der Waals surface area contributed by atoms with Gasteiger partial charge in [0, 0.05) is 18.8 Å². The summed E-state index contributed by atoms with van der Waals surface area (Å²) in [6.45, 7) is 4.61. The van der Waals surface area contributed by atoms with Crippen molar-refractivity contribution in [1.29, 1.82) is 0 Å². The molecule has 0 spiro atoms. The van der Waals surface area contributed by atoms with E-state index >= 15 is 0 Å². The van der Waals surface area contributed by atoms with Crippen LogP contribution >= 0.6 is 11.3 Å². The molecule has 0 saturated carbocycles. The van der Waals surface area contributed by atoms with Crippen LogP contribution in [0.3, 0.4) is 0 Å². The van der Waals surface area contributed by atoms with Crippen LogP contribution in [0, 0.1) is 0 Å². The van der Waals surface area contributed by atoms with Gasteiger partial charge in [-0.25, -0.2) is 4.98 Å². The second-order valence-electron chi connectivity index (χ2n) is 2.87. The summed E-state index contributed by atoms with van der Waals surface area (Å²) in [5.41, 5.74) is 0.559. The molecule has 4 heteroatoms. The third kappa shape index (κ3) is 3.14. The van der Waals surface area contributed by atoms with Gasteiger partial charge in [0.1, 0.15) is 5.69 Å². The number of carbonyl (C=O) groups is 1. The second kappa shape index (κ2) is 4.97. The first-order valence-corrected chi connectivity index (χ1v) is 5.32. The monoisotopic (exact) mass is 198 g/mol. The van der Waals surface area contributed by atoms with E-state index in [2.05, 4.69) is 17.2 Å². The van der Waals surface area contributed by atoms with Crippen molar-refractivity contribution in [2.45, 2.75) is 26.7 Å². The van der Waals surface area contributed by atoms with Crippen LogP contribution in [-0.4, -0.2) is 17.3 Å². The fourth-order valence-corrected chi connectivity index (χ4v) is 1.67. The van der Waals surface area contributed by atoms with E-state index in [1.54, 1.807) is 5.38 Å². The van der Waals surface area contributed by atoms with Gasteiger partial charge in [-0.15, -0.1) is 11.3 Å². The van der Waals surface area contributed by atoms with Crippen LogP contribution < -0.4 is 5.32 Å². The summed E-state index contributed by atoms with van der Waals surface area (Å²) in [5, 5.41) is 5.81. The number of anilines is 1. The minimum absolute atomic E-state index is 0.0276. The zero-order valence-corrected chi connectivity index (χ0v) is 8.78. The first-order valence-electron chi connectivity index (χ1n) is 4.44. The predicted octanol–water partition coefficient (Wildman–Crippen LogP) is 2.56. The number of unbranched alkanes of at least 4 members (excludes halogenated alkanes) is 1. The number of thiazole rings is 1. The summed E-state index contributed by atoms with van der Waals surface area (Å²) in [5.74, 6) is 0.0276. The summed E-state index contributed by atoms with van der Waals surface area (Å²) in [7, 11) is 0. The van der Waals surface area contributed by atoms with Gasteiger partial charge in [-0.1, -0.05) is 13.3 Å². The van der Waals surface area contributed by atoms with Gasteiger partial charge in [0.05, 0.1) is 0 Å². The number of hydrogen-bond donors (Lipinski definition) is 1. The Labute approximate surface area is 82.2 Å². The first kappa shape index (κ1) is 10.2. The number of carbonyl (C=O) groups excluding carboxylic acids is 1. The molecule has 3 nitrogen and oxygen atoms in total. The largest absolute Gasteiger partial charge is 0.362 e.